The highest BCUT2D eigenvalue weighted by atomic mass is 35.5. The Balaban J connectivity index is 2.49. The van der Waals surface area contributed by atoms with Gasteiger partial charge in [0.2, 0.25) is 0 Å². The maximum Gasteiger partial charge on any atom is 0.121 e. The lowest BCUT2D eigenvalue weighted by Gasteiger charge is -2.03. The number of aromatic hydroxyl groups is 1. The van der Waals surface area contributed by atoms with Crippen LogP contribution in [0, 0.1) is 0 Å². The van der Waals surface area contributed by atoms with Crippen LogP contribution in [0.15, 0.2) is 43.0 Å². The van der Waals surface area contributed by atoms with Crippen LogP contribution in [0.2, 0.25) is 5.02 Å². The first-order valence-corrected chi connectivity index (χ1v) is 6.12. The number of aromatic nitrogens is 1. The summed E-state index contributed by atoms with van der Waals surface area (Å²) in [6.45, 7) is 3.72. The van der Waals surface area contributed by atoms with Crippen molar-refractivity contribution in [2.75, 3.05) is 0 Å². The van der Waals surface area contributed by atoms with Gasteiger partial charge in [0.05, 0.1) is 16.1 Å². The first-order valence-electron chi connectivity index (χ1n) is 5.74. The quantitative estimate of drug-likeness (QED) is 0.656. The van der Waals surface area contributed by atoms with Crippen LogP contribution in [0.3, 0.4) is 0 Å². The van der Waals surface area contributed by atoms with Crippen molar-refractivity contribution in [3.63, 3.8) is 0 Å². The molecule has 0 saturated carbocycles. The second-order valence-electron chi connectivity index (χ2n) is 4.27. The molecule has 1 aromatic heterocycles. The molecule has 0 fully saturated rings. The lowest BCUT2D eigenvalue weighted by Crippen LogP contribution is -1.84. The maximum atomic E-state index is 9.93. The highest BCUT2D eigenvalue weighted by Gasteiger charge is 2.12. The van der Waals surface area contributed by atoms with Gasteiger partial charge in [-0.25, -0.2) is 0 Å². The lowest BCUT2D eigenvalue weighted by molar-refractivity contribution is 0.471. The number of phenols is 1. The number of fused-ring (bicyclic) bond motifs is 3. The summed E-state index contributed by atoms with van der Waals surface area (Å²) in [5.74, 6) is 0.282. The summed E-state index contributed by atoms with van der Waals surface area (Å²) in [5.41, 5.74) is 2.69. The van der Waals surface area contributed by atoms with Gasteiger partial charge in [-0.15, -0.1) is 6.58 Å². The number of nitrogens with one attached hydrogen (secondary N) is 1. The maximum absolute atomic E-state index is 9.93. The van der Waals surface area contributed by atoms with Gasteiger partial charge in [0, 0.05) is 16.3 Å². The Bertz CT molecular complexity index is 758. The van der Waals surface area contributed by atoms with E-state index in [1.807, 2.05) is 24.3 Å². The molecule has 18 heavy (non-hydrogen) atoms. The molecule has 0 bridgehead atoms. The van der Waals surface area contributed by atoms with Crippen LogP contribution in [-0.2, 0) is 6.42 Å². The molecule has 0 atom stereocenters. The summed E-state index contributed by atoms with van der Waals surface area (Å²) < 4.78 is 0. The second kappa shape index (κ2) is 4.07. The normalized spacial score (nSPS) is 11.2. The van der Waals surface area contributed by atoms with Crippen molar-refractivity contribution in [2.45, 2.75) is 6.42 Å². The average Bonchev–Trinajstić information content (AvgIpc) is 2.73. The molecule has 0 saturated heterocycles. The van der Waals surface area contributed by atoms with Crippen LogP contribution in [0.4, 0.5) is 0 Å². The standard InChI is InChI=1S/C15H12ClNO/c1-2-4-11-13(18)8-7-10-9-5-3-6-12(16)15(9)17-14(10)11/h2-3,5-8,17-18H,1,4H2. The van der Waals surface area contributed by atoms with Crippen LogP contribution in [-0.4, -0.2) is 10.1 Å². The van der Waals surface area contributed by atoms with Crippen molar-refractivity contribution in [1.29, 1.82) is 0 Å². The van der Waals surface area contributed by atoms with Crippen LogP contribution < -0.4 is 0 Å². The van der Waals surface area contributed by atoms with Crippen molar-refractivity contribution >= 4 is 33.4 Å². The zero-order valence-corrected chi connectivity index (χ0v) is 10.5. The Hall–Kier alpha value is -1.93. The molecule has 0 unspecified atom stereocenters. The van der Waals surface area contributed by atoms with Gasteiger partial charge in [-0.3, -0.25) is 0 Å². The van der Waals surface area contributed by atoms with Gasteiger partial charge in [0.15, 0.2) is 0 Å². The molecule has 3 aromatic rings. The molecule has 0 aliphatic rings. The largest absolute Gasteiger partial charge is 0.508 e. The van der Waals surface area contributed by atoms with Gasteiger partial charge < -0.3 is 10.1 Å². The summed E-state index contributed by atoms with van der Waals surface area (Å²) in [6.07, 6.45) is 2.40. The third kappa shape index (κ3) is 1.50. The van der Waals surface area contributed by atoms with Gasteiger partial charge >= 0.3 is 0 Å². The number of halogens is 1. The molecule has 90 valence electrons. The van der Waals surface area contributed by atoms with E-state index in [4.69, 9.17) is 11.6 Å². The summed E-state index contributed by atoms with van der Waals surface area (Å²) in [4.78, 5) is 3.30. The summed E-state index contributed by atoms with van der Waals surface area (Å²) >= 11 is 6.18. The Morgan fingerprint density at radius 1 is 1.17 bits per heavy atom. The SMILES string of the molecule is C=CCc1c(O)ccc2c1[nH]c1c(Cl)cccc12. The molecule has 2 N–H and O–H groups in total. The Morgan fingerprint density at radius 3 is 2.72 bits per heavy atom. The van der Waals surface area contributed by atoms with Crippen molar-refractivity contribution in [3.8, 4) is 5.75 Å². The molecule has 0 radical (unpaired) electrons. The fourth-order valence-electron chi connectivity index (χ4n) is 2.36. The van der Waals surface area contributed by atoms with Crippen LogP contribution in [0.1, 0.15) is 5.56 Å². The van der Waals surface area contributed by atoms with Crippen molar-refractivity contribution in [1.82, 2.24) is 4.98 Å². The minimum Gasteiger partial charge on any atom is -0.508 e. The number of hydrogen-bond acceptors (Lipinski definition) is 1. The molecular weight excluding hydrogens is 246 g/mol. The fraction of sp³-hybridized carbons (Fsp3) is 0.0667. The number of allylic oxidation sites excluding steroid dienone is 1. The Labute approximate surface area is 110 Å². The van der Waals surface area contributed by atoms with Crippen LogP contribution >= 0.6 is 11.6 Å². The van der Waals surface area contributed by atoms with Gasteiger partial charge in [-0.1, -0.05) is 29.8 Å². The summed E-state index contributed by atoms with van der Waals surface area (Å²) in [6, 6.07) is 9.43. The minimum absolute atomic E-state index is 0.282. The molecule has 0 amide bonds. The minimum atomic E-state index is 0.282. The van der Waals surface area contributed by atoms with Gasteiger partial charge in [-0.05, 0) is 24.6 Å². The molecule has 3 rings (SSSR count). The number of hydrogen-bond donors (Lipinski definition) is 2. The predicted octanol–water partition coefficient (Wildman–Crippen LogP) is 4.41. The van der Waals surface area contributed by atoms with E-state index < -0.39 is 0 Å². The molecule has 0 aliphatic carbocycles. The number of aromatic amines is 1. The molecule has 0 aliphatic heterocycles. The van der Waals surface area contributed by atoms with E-state index in [2.05, 4.69) is 11.6 Å². The van der Waals surface area contributed by atoms with Gasteiger partial charge in [0.1, 0.15) is 5.75 Å². The third-order valence-electron chi connectivity index (χ3n) is 3.19. The summed E-state index contributed by atoms with van der Waals surface area (Å²) in [5, 5.41) is 12.8. The smallest absolute Gasteiger partial charge is 0.121 e. The first kappa shape index (κ1) is 11.2. The Morgan fingerprint density at radius 2 is 1.94 bits per heavy atom. The number of benzene rings is 2. The van der Waals surface area contributed by atoms with Crippen molar-refractivity contribution < 1.29 is 5.11 Å². The van der Waals surface area contributed by atoms with E-state index in [-0.39, 0.29) is 5.75 Å². The summed E-state index contributed by atoms with van der Waals surface area (Å²) in [7, 11) is 0. The van der Waals surface area contributed by atoms with Crippen LogP contribution in [0.25, 0.3) is 21.8 Å². The Kier molecular flexibility index (Phi) is 2.53. The topological polar surface area (TPSA) is 36.0 Å². The van der Waals surface area contributed by atoms with E-state index in [0.717, 1.165) is 27.4 Å². The monoisotopic (exact) mass is 257 g/mol. The number of rotatable bonds is 2. The number of para-hydroxylation sites is 1. The van der Waals surface area contributed by atoms with E-state index in [1.54, 1.807) is 12.1 Å². The lowest BCUT2D eigenvalue weighted by atomic mass is 10.1. The van der Waals surface area contributed by atoms with E-state index in [0.29, 0.717) is 11.4 Å². The van der Waals surface area contributed by atoms with E-state index in [9.17, 15) is 5.11 Å². The molecule has 2 aromatic carbocycles. The first-order chi connectivity index (χ1) is 8.72. The van der Waals surface area contributed by atoms with Crippen molar-refractivity contribution in [3.05, 3.63) is 53.6 Å². The van der Waals surface area contributed by atoms with E-state index >= 15 is 0 Å². The van der Waals surface area contributed by atoms with Crippen LogP contribution in [0.5, 0.6) is 5.75 Å². The zero-order chi connectivity index (χ0) is 12.7. The molecular formula is C15H12ClNO. The highest BCUT2D eigenvalue weighted by Crippen LogP contribution is 2.35. The third-order valence-corrected chi connectivity index (χ3v) is 3.51. The second-order valence-corrected chi connectivity index (χ2v) is 4.67. The van der Waals surface area contributed by atoms with Crippen molar-refractivity contribution in [2.24, 2.45) is 0 Å². The van der Waals surface area contributed by atoms with Gasteiger partial charge in [0.25, 0.3) is 0 Å². The van der Waals surface area contributed by atoms with E-state index in [1.165, 1.54) is 0 Å². The molecule has 0 spiro atoms. The fourth-order valence-corrected chi connectivity index (χ4v) is 2.58. The number of H-pyrrole nitrogens is 1. The zero-order valence-electron chi connectivity index (χ0n) is 9.70. The predicted molar refractivity (Wildman–Crippen MR) is 76.4 cm³/mol. The average molecular weight is 258 g/mol. The highest BCUT2D eigenvalue weighted by molar-refractivity contribution is 6.36. The van der Waals surface area contributed by atoms with Gasteiger partial charge in [-0.2, -0.15) is 0 Å². The molecule has 3 heteroatoms. The molecule has 2 nitrogen and oxygen atoms in total. The molecule has 1 heterocycles. The number of phenolic OH excluding ortho intramolecular Hbond substituents is 1.